The highest BCUT2D eigenvalue weighted by Gasteiger charge is 2.29. The lowest BCUT2D eigenvalue weighted by atomic mass is 9.85. The molecule has 1 N–H and O–H groups in total. The smallest absolute Gasteiger partial charge is 0.273 e. The monoisotopic (exact) mass is 353 g/mol. The Bertz CT molecular complexity index is 732. The maximum atomic E-state index is 11.8. The minimum absolute atomic E-state index is 0.0361. The number of nitro groups is 1. The van der Waals surface area contributed by atoms with Crippen molar-refractivity contribution in [2.75, 3.05) is 0 Å². The van der Waals surface area contributed by atoms with Crippen LogP contribution in [0.3, 0.4) is 0 Å². The summed E-state index contributed by atoms with van der Waals surface area (Å²) in [7, 11) is 0. The minimum Gasteiger partial charge on any atom is -0.313 e. The van der Waals surface area contributed by atoms with Gasteiger partial charge in [0.05, 0.1) is 22.2 Å². The summed E-state index contributed by atoms with van der Waals surface area (Å²) < 4.78 is 0. The Labute approximate surface area is 129 Å². The van der Waals surface area contributed by atoms with Crippen LogP contribution in [0.1, 0.15) is 32.3 Å². The number of aromatic amines is 1. The molecular formula is C14H16BrN3O3. The van der Waals surface area contributed by atoms with Gasteiger partial charge in [-0.15, -0.1) is 0 Å². The third kappa shape index (κ3) is 2.97. The molecule has 2 aromatic rings. The Balaban J connectivity index is 2.80. The van der Waals surface area contributed by atoms with E-state index in [1.165, 1.54) is 12.4 Å². The standard InChI is InChI=1S/C14H16BrN3O3/c1-7(2)13(8(3)15)10-4-11-9(5-12(10)18(20)21)14(19)17-6-16-11/h4-8,13H,1-3H3,(H,16,17,19). The highest BCUT2D eigenvalue weighted by molar-refractivity contribution is 9.09. The fourth-order valence-corrected chi connectivity index (χ4v) is 3.58. The van der Waals surface area contributed by atoms with Crippen LogP contribution in [-0.4, -0.2) is 19.7 Å². The van der Waals surface area contributed by atoms with Crippen molar-refractivity contribution in [1.82, 2.24) is 9.97 Å². The lowest BCUT2D eigenvalue weighted by Crippen LogP contribution is -2.18. The molecule has 21 heavy (non-hydrogen) atoms. The van der Waals surface area contributed by atoms with Gasteiger partial charge in [-0.1, -0.05) is 36.7 Å². The average molecular weight is 354 g/mol. The quantitative estimate of drug-likeness (QED) is 0.518. The van der Waals surface area contributed by atoms with Crippen molar-refractivity contribution in [2.24, 2.45) is 5.92 Å². The van der Waals surface area contributed by atoms with Crippen LogP contribution in [0, 0.1) is 16.0 Å². The van der Waals surface area contributed by atoms with Crippen LogP contribution in [0.15, 0.2) is 23.3 Å². The summed E-state index contributed by atoms with van der Waals surface area (Å²) in [5, 5.41) is 11.6. The van der Waals surface area contributed by atoms with E-state index in [1.54, 1.807) is 6.07 Å². The Kier molecular flexibility index (Phi) is 4.41. The number of hydrogen-bond acceptors (Lipinski definition) is 4. The van der Waals surface area contributed by atoms with Crippen LogP contribution >= 0.6 is 15.9 Å². The van der Waals surface area contributed by atoms with Crippen LogP contribution in [0.2, 0.25) is 0 Å². The Morgan fingerprint density at radius 2 is 2.00 bits per heavy atom. The van der Waals surface area contributed by atoms with Crippen molar-refractivity contribution < 1.29 is 4.92 Å². The maximum Gasteiger partial charge on any atom is 0.273 e. The lowest BCUT2D eigenvalue weighted by molar-refractivity contribution is -0.385. The molecule has 1 aromatic carbocycles. The SMILES string of the molecule is CC(C)C(c1cc2nc[nH]c(=O)c2cc1[N+](=O)[O-])C(C)Br. The highest BCUT2D eigenvalue weighted by atomic mass is 79.9. The highest BCUT2D eigenvalue weighted by Crippen LogP contribution is 2.38. The van der Waals surface area contributed by atoms with E-state index in [2.05, 4.69) is 25.9 Å². The fraction of sp³-hybridized carbons (Fsp3) is 0.429. The van der Waals surface area contributed by atoms with Crippen molar-refractivity contribution in [3.8, 4) is 0 Å². The molecule has 0 aliphatic heterocycles. The first kappa shape index (κ1) is 15.6. The van der Waals surface area contributed by atoms with Gasteiger partial charge in [0.1, 0.15) is 0 Å². The molecule has 0 amide bonds. The first-order valence-corrected chi connectivity index (χ1v) is 7.54. The van der Waals surface area contributed by atoms with Gasteiger partial charge < -0.3 is 4.98 Å². The summed E-state index contributed by atoms with van der Waals surface area (Å²) in [5.74, 6) is 0.161. The number of aromatic nitrogens is 2. The predicted octanol–water partition coefficient (Wildman–Crippen LogP) is 3.35. The molecule has 1 aromatic heterocycles. The predicted molar refractivity (Wildman–Crippen MR) is 85.0 cm³/mol. The van der Waals surface area contributed by atoms with Gasteiger partial charge in [0.15, 0.2) is 0 Å². The van der Waals surface area contributed by atoms with Crippen molar-refractivity contribution in [3.05, 3.63) is 44.5 Å². The minimum atomic E-state index is -0.439. The largest absolute Gasteiger partial charge is 0.313 e. The molecule has 0 radical (unpaired) electrons. The van der Waals surface area contributed by atoms with E-state index in [1.807, 2.05) is 20.8 Å². The molecule has 1 heterocycles. The van der Waals surface area contributed by atoms with Crippen molar-refractivity contribution in [2.45, 2.75) is 31.5 Å². The molecule has 0 spiro atoms. The van der Waals surface area contributed by atoms with Gasteiger partial charge in [0.2, 0.25) is 0 Å². The molecule has 0 saturated heterocycles. The molecule has 0 aliphatic rings. The van der Waals surface area contributed by atoms with Gasteiger partial charge in [-0.25, -0.2) is 4.98 Å². The van der Waals surface area contributed by atoms with Gasteiger partial charge in [0, 0.05) is 22.4 Å². The lowest BCUT2D eigenvalue weighted by Gasteiger charge is -2.24. The second-order valence-electron chi connectivity index (χ2n) is 5.36. The summed E-state index contributed by atoms with van der Waals surface area (Å²) in [4.78, 5) is 29.3. The Hall–Kier alpha value is -1.76. The molecule has 2 unspecified atom stereocenters. The fourth-order valence-electron chi connectivity index (χ4n) is 2.68. The number of rotatable bonds is 4. The summed E-state index contributed by atoms with van der Waals surface area (Å²) >= 11 is 3.53. The topological polar surface area (TPSA) is 88.9 Å². The molecule has 7 heteroatoms. The Morgan fingerprint density at radius 3 is 2.52 bits per heavy atom. The van der Waals surface area contributed by atoms with E-state index in [0.29, 0.717) is 11.1 Å². The van der Waals surface area contributed by atoms with Gasteiger partial charge >= 0.3 is 0 Å². The first-order valence-electron chi connectivity index (χ1n) is 6.62. The Morgan fingerprint density at radius 1 is 1.33 bits per heavy atom. The zero-order chi connectivity index (χ0) is 15.7. The van der Waals surface area contributed by atoms with Crippen LogP contribution in [0.4, 0.5) is 5.69 Å². The number of halogens is 1. The summed E-state index contributed by atoms with van der Waals surface area (Å²) in [6.07, 6.45) is 1.31. The normalized spacial score (nSPS) is 14.3. The first-order chi connectivity index (χ1) is 9.82. The number of H-pyrrole nitrogens is 1. The second-order valence-corrected chi connectivity index (χ2v) is 6.81. The molecule has 2 atom stereocenters. The van der Waals surface area contributed by atoms with Crippen molar-refractivity contribution in [3.63, 3.8) is 0 Å². The number of fused-ring (bicyclic) bond motifs is 1. The van der Waals surface area contributed by atoms with Gasteiger partial charge in [0.25, 0.3) is 11.2 Å². The third-order valence-electron chi connectivity index (χ3n) is 3.56. The van der Waals surface area contributed by atoms with Crippen LogP contribution in [0.5, 0.6) is 0 Å². The van der Waals surface area contributed by atoms with E-state index < -0.39 is 4.92 Å². The van der Waals surface area contributed by atoms with E-state index in [4.69, 9.17) is 0 Å². The molecule has 6 nitrogen and oxygen atoms in total. The molecule has 0 fully saturated rings. The zero-order valence-electron chi connectivity index (χ0n) is 12.0. The summed E-state index contributed by atoms with van der Waals surface area (Å²) in [5.41, 5.74) is 0.664. The van der Waals surface area contributed by atoms with Gasteiger partial charge in [-0.3, -0.25) is 14.9 Å². The molecule has 2 rings (SSSR count). The molecule has 112 valence electrons. The third-order valence-corrected chi connectivity index (χ3v) is 4.13. The van der Waals surface area contributed by atoms with E-state index in [0.717, 1.165) is 0 Å². The number of nitrogens with zero attached hydrogens (tertiary/aromatic N) is 2. The zero-order valence-corrected chi connectivity index (χ0v) is 13.5. The molecule has 0 bridgehead atoms. The summed E-state index contributed by atoms with van der Waals surface area (Å²) in [6.45, 7) is 5.99. The molecule has 0 aliphatic carbocycles. The van der Waals surface area contributed by atoms with E-state index in [9.17, 15) is 14.9 Å². The number of alkyl halides is 1. The van der Waals surface area contributed by atoms with Gasteiger partial charge in [-0.05, 0) is 12.0 Å². The van der Waals surface area contributed by atoms with E-state index in [-0.39, 0.29) is 33.3 Å². The van der Waals surface area contributed by atoms with Crippen molar-refractivity contribution in [1.29, 1.82) is 0 Å². The molecule has 0 saturated carbocycles. The van der Waals surface area contributed by atoms with E-state index >= 15 is 0 Å². The van der Waals surface area contributed by atoms with Crippen LogP contribution in [0.25, 0.3) is 10.9 Å². The van der Waals surface area contributed by atoms with Crippen LogP contribution in [-0.2, 0) is 0 Å². The van der Waals surface area contributed by atoms with Crippen molar-refractivity contribution >= 4 is 32.5 Å². The average Bonchev–Trinajstić information content (AvgIpc) is 2.37. The number of benzene rings is 1. The second kappa shape index (κ2) is 5.93. The number of nitrogens with one attached hydrogen (secondary N) is 1. The summed E-state index contributed by atoms with van der Waals surface area (Å²) in [6, 6.07) is 2.98. The number of hydrogen-bond donors (Lipinski definition) is 1. The van der Waals surface area contributed by atoms with Crippen LogP contribution < -0.4 is 5.56 Å². The van der Waals surface area contributed by atoms with Gasteiger partial charge in [-0.2, -0.15) is 0 Å². The molecular weight excluding hydrogens is 338 g/mol. The maximum absolute atomic E-state index is 11.8. The number of nitro benzene ring substituents is 1.